The van der Waals surface area contributed by atoms with Gasteiger partial charge in [-0.15, -0.1) is 0 Å². The van der Waals surface area contributed by atoms with Crippen molar-refractivity contribution in [3.8, 4) is 0 Å². The van der Waals surface area contributed by atoms with Crippen LogP contribution in [0.4, 0.5) is 0 Å². The van der Waals surface area contributed by atoms with Gasteiger partial charge >= 0.3 is 5.97 Å². The summed E-state index contributed by atoms with van der Waals surface area (Å²) in [4.78, 5) is 11.7. The number of rotatable bonds is 5. The fourth-order valence-electron chi connectivity index (χ4n) is 3.13. The summed E-state index contributed by atoms with van der Waals surface area (Å²) in [7, 11) is 0. The molecular formula is C17H27BrO2. The van der Waals surface area contributed by atoms with Crippen LogP contribution in [0.15, 0.2) is 24.8 Å². The van der Waals surface area contributed by atoms with E-state index in [1.54, 1.807) is 6.08 Å². The number of halogens is 1. The van der Waals surface area contributed by atoms with Crippen molar-refractivity contribution in [1.29, 1.82) is 0 Å². The highest BCUT2D eigenvalue weighted by Crippen LogP contribution is 2.49. The number of hydrogen-bond acceptors (Lipinski definition) is 2. The molecule has 2 nitrogen and oxygen atoms in total. The molecule has 1 fully saturated rings. The van der Waals surface area contributed by atoms with Gasteiger partial charge in [-0.3, -0.25) is 4.79 Å². The summed E-state index contributed by atoms with van der Waals surface area (Å²) in [5, 5.41) is 0. The molecule has 0 spiro atoms. The monoisotopic (exact) mass is 342 g/mol. The van der Waals surface area contributed by atoms with E-state index < -0.39 is 5.60 Å². The Bertz CT molecular complexity index is 400. The Morgan fingerprint density at radius 3 is 2.70 bits per heavy atom. The van der Waals surface area contributed by atoms with E-state index in [2.05, 4.69) is 42.9 Å². The smallest absolute Gasteiger partial charge is 0.303 e. The van der Waals surface area contributed by atoms with Crippen LogP contribution in [-0.4, -0.2) is 16.4 Å². The second-order valence-electron chi connectivity index (χ2n) is 6.69. The minimum atomic E-state index is -0.582. The van der Waals surface area contributed by atoms with Crippen molar-refractivity contribution in [2.45, 2.75) is 63.8 Å². The van der Waals surface area contributed by atoms with Crippen LogP contribution in [0.5, 0.6) is 0 Å². The van der Waals surface area contributed by atoms with Crippen molar-refractivity contribution in [2.75, 3.05) is 0 Å². The van der Waals surface area contributed by atoms with Crippen LogP contribution >= 0.6 is 15.9 Å². The molecule has 0 radical (unpaired) electrons. The van der Waals surface area contributed by atoms with E-state index in [0.29, 0.717) is 10.7 Å². The van der Waals surface area contributed by atoms with Gasteiger partial charge in [-0.05, 0) is 50.0 Å². The SMILES string of the molecule is C=CC(C)(CC[C@H]1C(=C)CC[C@@H](Br)C1(C)C)OC(C)=O. The standard InChI is InChI=1S/C17H27BrO2/c1-7-17(6,20-13(3)19)11-10-14-12(2)8-9-15(18)16(14,4)5/h7,14-15H,1-2,8-11H2,3-6H3/t14-,15+,17?/m0/s1. The van der Waals surface area contributed by atoms with Crippen molar-refractivity contribution in [3.05, 3.63) is 24.8 Å². The zero-order valence-corrected chi connectivity index (χ0v) is 14.8. The average molecular weight is 343 g/mol. The fourth-order valence-corrected chi connectivity index (χ4v) is 3.68. The maximum Gasteiger partial charge on any atom is 0.303 e. The zero-order chi connectivity index (χ0) is 15.6. The van der Waals surface area contributed by atoms with Gasteiger partial charge in [0.1, 0.15) is 5.60 Å². The fraction of sp³-hybridized carbons (Fsp3) is 0.706. The molecule has 0 amide bonds. The molecule has 3 heteroatoms. The molecule has 1 aliphatic carbocycles. The Balaban J connectivity index is 2.77. The lowest BCUT2D eigenvalue weighted by Gasteiger charge is -2.45. The summed E-state index contributed by atoms with van der Waals surface area (Å²) in [6.45, 7) is 16.0. The van der Waals surface area contributed by atoms with Crippen molar-refractivity contribution in [2.24, 2.45) is 11.3 Å². The van der Waals surface area contributed by atoms with Crippen LogP contribution in [0.3, 0.4) is 0 Å². The Morgan fingerprint density at radius 1 is 1.60 bits per heavy atom. The van der Waals surface area contributed by atoms with E-state index in [-0.39, 0.29) is 11.4 Å². The minimum Gasteiger partial charge on any atom is -0.455 e. The van der Waals surface area contributed by atoms with Gasteiger partial charge in [-0.1, -0.05) is 48.5 Å². The molecule has 1 unspecified atom stereocenters. The molecule has 114 valence electrons. The van der Waals surface area contributed by atoms with Crippen LogP contribution < -0.4 is 0 Å². The molecule has 0 aromatic carbocycles. The highest BCUT2D eigenvalue weighted by molar-refractivity contribution is 9.09. The van der Waals surface area contributed by atoms with Gasteiger partial charge in [0, 0.05) is 11.8 Å². The molecule has 0 aromatic rings. The highest BCUT2D eigenvalue weighted by Gasteiger charge is 2.41. The van der Waals surface area contributed by atoms with Crippen molar-refractivity contribution >= 4 is 21.9 Å². The maximum absolute atomic E-state index is 11.2. The predicted octanol–water partition coefficient (Wildman–Crippen LogP) is 5.03. The number of esters is 1. The first-order chi connectivity index (χ1) is 9.12. The van der Waals surface area contributed by atoms with Crippen LogP contribution in [0.1, 0.15) is 53.4 Å². The molecule has 0 heterocycles. The molecule has 1 rings (SSSR count). The highest BCUT2D eigenvalue weighted by atomic mass is 79.9. The Hall–Kier alpha value is -0.570. The first-order valence-electron chi connectivity index (χ1n) is 7.27. The largest absolute Gasteiger partial charge is 0.455 e. The number of ether oxygens (including phenoxy) is 1. The second-order valence-corrected chi connectivity index (χ2v) is 7.79. The predicted molar refractivity (Wildman–Crippen MR) is 88.0 cm³/mol. The molecule has 20 heavy (non-hydrogen) atoms. The molecule has 0 N–H and O–H groups in total. The van der Waals surface area contributed by atoms with Crippen molar-refractivity contribution < 1.29 is 9.53 Å². The molecule has 0 saturated heterocycles. The molecule has 0 bridgehead atoms. The maximum atomic E-state index is 11.2. The molecular weight excluding hydrogens is 316 g/mol. The molecule has 3 atom stereocenters. The average Bonchev–Trinajstić information content (AvgIpc) is 2.33. The van der Waals surface area contributed by atoms with Crippen molar-refractivity contribution in [3.63, 3.8) is 0 Å². The molecule has 0 aliphatic heterocycles. The van der Waals surface area contributed by atoms with Gasteiger partial charge in [0.15, 0.2) is 0 Å². The van der Waals surface area contributed by atoms with E-state index in [1.807, 2.05) is 6.92 Å². The molecule has 0 aromatic heterocycles. The summed E-state index contributed by atoms with van der Waals surface area (Å²) in [5.41, 5.74) is 0.912. The van der Waals surface area contributed by atoms with Gasteiger partial charge in [-0.25, -0.2) is 0 Å². The number of alkyl halides is 1. The van der Waals surface area contributed by atoms with Gasteiger partial charge in [0.2, 0.25) is 0 Å². The Kier molecular flexibility index (Phi) is 5.65. The van der Waals surface area contributed by atoms with E-state index in [0.717, 1.165) is 25.7 Å². The number of hydrogen-bond donors (Lipinski definition) is 0. The quantitative estimate of drug-likeness (QED) is 0.398. The van der Waals surface area contributed by atoms with Crippen LogP contribution in [-0.2, 0) is 9.53 Å². The molecule has 1 aliphatic rings. The van der Waals surface area contributed by atoms with E-state index in [9.17, 15) is 4.79 Å². The number of carbonyl (C=O) groups is 1. The number of carbonyl (C=O) groups excluding carboxylic acids is 1. The zero-order valence-electron chi connectivity index (χ0n) is 13.2. The van der Waals surface area contributed by atoms with Gasteiger partial charge in [0.25, 0.3) is 0 Å². The summed E-state index contributed by atoms with van der Waals surface area (Å²) < 4.78 is 5.41. The van der Waals surface area contributed by atoms with Crippen LogP contribution in [0.25, 0.3) is 0 Å². The molecule has 1 saturated carbocycles. The van der Waals surface area contributed by atoms with Crippen LogP contribution in [0, 0.1) is 11.3 Å². The normalized spacial score (nSPS) is 28.6. The first kappa shape index (κ1) is 17.5. The van der Waals surface area contributed by atoms with E-state index in [1.165, 1.54) is 12.5 Å². The van der Waals surface area contributed by atoms with Crippen molar-refractivity contribution in [1.82, 2.24) is 0 Å². The van der Waals surface area contributed by atoms with Gasteiger partial charge < -0.3 is 4.74 Å². The topological polar surface area (TPSA) is 26.3 Å². The summed E-state index contributed by atoms with van der Waals surface area (Å²) >= 11 is 3.81. The summed E-state index contributed by atoms with van der Waals surface area (Å²) in [5.74, 6) is 0.183. The summed E-state index contributed by atoms with van der Waals surface area (Å²) in [6.07, 6.45) is 5.69. The Labute approximate surface area is 131 Å². The number of allylic oxidation sites excluding steroid dienone is 1. The third-order valence-corrected chi connectivity index (χ3v) is 6.29. The third-order valence-electron chi connectivity index (χ3n) is 4.66. The first-order valence-corrected chi connectivity index (χ1v) is 8.19. The summed E-state index contributed by atoms with van der Waals surface area (Å²) in [6, 6.07) is 0. The third kappa shape index (κ3) is 3.97. The lowest BCUT2D eigenvalue weighted by Crippen LogP contribution is -2.39. The van der Waals surface area contributed by atoms with Crippen LogP contribution in [0.2, 0.25) is 0 Å². The lowest BCUT2D eigenvalue weighted by atomic mass is 9.64. The van der Waals surface area contributed by atoms with Gasteiger partial charge in [0.05, 0.1) is 0 Å². The minimum absolute atomic E-state index is 0.174. The lowest BCUT2D eigenvalue weighted by molar-refractivity contribution is -0.151. The van der Waals surface area contributed by atoms with E-state index >= 15 is 0 Å². The van der Waals surface area contributed by atoms with Gasteiger partial charge in [-0.2, -0.15) is 0 Å². The Morgan fingerprint density at radius 2 is 2.20 bits per heavy atom. The second kappa shape index (κ2) is 6.46. The van der Waals surface area contributed by atoms with E-state index in [4.69, 9.17) is 4.74 Å².